The van der Waals surface area contributed by atoms with Gasteiger partial charge in [-0.25, -0.2) is 0 Å². The molecule has 6 nitrogen and oxygen atoms in total. The molecular formula is C14H22N4O2. The van der Waals surface area contributed by atoms with Crippen molar-refractivity contribution in [3.8, 4) is 0 Å². The van der Waals surface area contributed by atoms with Crippen LogP contribution in [0.5, 0.6) is 0 Å². The van der Waals surface area contributed by atoms with Gasteiger partial charge < -0.3 is 21.3 Å². The zero-order valence-electron chi connectivity index (χ0n) is 11.6. The Bertz CT molecular complexity index is 448. The van der Waals surface area contributed by atoms with E-state index in [0.717, 1.165) is 51.1 Å². The third kappa shape index (κ3) is 2.23. The molecule has 3 atom stereocenters. The van der Waals surface area contributed by atoms with Crippen LogP contribution >= 0.6 is 0 Å². The van der Waals surface area contributed by atoms with Crippen LogP contribution in [0, 0.1) is 17.8 Å². The summed E-state index contributed by atoms with van der Waals surface area (Å²) in [7, 11) is 0. The van der Waals surface area contributed by atoms with Gasteiger partial charge in [0.2, 0.25) is 12.3 Å². The fourth-order valence-electron chi connectivity index (χ4n) is 3.75. The number of carbonyl (C=O) groups excluding carboxylic acids is 2. The van der Waals surface area contributed by atoms with Gasteiger partial charge in [0.1, 0.15) is 0 Å². The Morgan fingerprint density at radius 3 is 2.30 bits per heavy atom. The first-order valence-electron chi connectivity index (χ1n) is 7.29. The Hall–Kier alpha value is -1.72. The van der Waals surface area contributed by atoms with E-state index in [1.165, 1.54) is 0 Å². The topological polar surface area (TPSA) is 92.7 Å². The van der Waals surface area contributed by atoms with E-state index < -0.39 is 0 Å². The quantitative estimate of drug-likeness (QED) is 0.664. The second kappa shape index (κ2) is 5.00. The maximum absolute atomic E-state index is 12.6. The number of hydrogen-bond donors (Lipinski definition) is 2. The maximum Gasteiger partial charge on any atom is 0.226 e. The second-order valence-electron chi connectivity index (χ2n) is 6.31. The SMILES string of the molecule is NC1=C(N)C[C@H](C(=O)N2CC3CN(C=O)CC3C2)CC1. The van der Waals surface area contributed by atoms with Crippen molar-refractivity contribution >= 4 is 12.3 Å². The van der Waals surface area contributed by atoms with Crippen LogP contribution in [0.2, 0.25) is 0 Å². The average molecular weight is 278 g/mol. The number of likely N-dealkylation sites (tertiary alicyclic amines) is 2. The van der Waals surface area contributed by atoms with Crippen LogP contribution < -0.4 is 11.5 Å². The van der Waals surface area contributed by atoms with Crippen molar-refractivity contribution in [1.29, 1.82) is 0 Å². The highest BCUT2D eigenvalue weighted by Gasteiger charge is 2.42. The molecule has 20 heavy (non-hydrogen) atoms. The molecule has 2 aliphatic heterocycles. The van der Waals surface area contributed by atoms with Crippen LogP contribution in [-0.2, 0) is 9.59 Å². The molecule has 3 rings (SSSR count). The summed E-state index contributed by atoms with van der Waals surface area (Å²) in [6, 6.07) is 0. The van der Waals surface area contributed by atoms with Gasteiger partial charge in [-0.1, -0.05) is 0 Å². The highest BCUT2D eigenvalue weighted by molar-refractivity contribution is 5.79. The number of rotatable bonds is 2. The molecule has 0 aromatic carbocycles. The van der Waals surface area contributed by atoms with Gasteiger partial charge in [0.15, 0.2) is 0 Å². The molecule has 0 bridgehead atoms. The van der Waals surface area contributed by atoms with Crippen LogP contribution in [0.25, 0.3) is 0 Å². The van der Waals surface area contributed by atoms with E-state index >= 15 is 0 Å². The molecule has 0 saturated carbocycles. The van der Waals surface area contributed by atoms with Crippen molar-refractivity contribution in [2.75, 3.05) is 26.2 Å². The molecule has 6 heteroatoms. The zero-order chi connectivity index (χ0) is 14.3. The van der Waals surface area contributed by atoms with Gasteiger partial charge in [0.25, 0.3) is 0 Å². The summed E-state index contributed by atoms with van der Waals surface area (Å²) in [6.45, 7) is 3.14. The van der Waals surface area contributed by atoms with Gasteiger partial charge >= 0.3 is 0 Å². The van der Waals surface area contributed by atoms with Crippen LogP contribution in [0.1, 0.15) is 19.3 Å². The van der Waals surface area contributed by atoms with E-state index in [4.69, 9.17) is 11.5 Å². The van der Waals surface area contributed by atoms with E-state index in [2.05, 4.69) is 0 Å². The van der Waals surface area contributed by atoms with E-state index in [1.54, 1.807) is 0 Å². The largest absolute Gasteiger partial charge is 0.401 e. The van der Waals surface area contributed by atoms with Crippen LogP contribution in [0.3, 0.4) is 0 Å². The highest BCUT2D eigenvalue weighted by atomic mass is 16.2. The van der Waals surface area contributed by atoms with Crippen molar-refractivity contribution in [3.63, 3.8) is 0 Å². The molecule has 0 aromatic heterocycles. The summed E-state index contributed by atoms with van der Waals surface area (Å²) in [4.78, 5) is 27.1. The minimum atomic E-state index is -0.0108. The van der Waals surface area contributed by atoms with E-state index in [9.17, 15) is 9.59 Å². The molecule has 4 N–H and O–H groups in total. The Labute approximate surface area is 118 Å². The fraction of sp³-hybridized carbons (Fsp3) is 0.714. The van der Waals surface area contributed by atoms with Gasteiger partial charge in [0.05, 0.1) is 0 Å². The molecular weight excluding hydrogens is 256 g/mol. The summed E-state index contributed by atoms with van der Waals surface area (Å²) in [6.07, 6.45) is 3.04. The van der Waals surface area contributed by atoms with Crippen molar-refractivity contribution in [2.45, 2.75) is 19.3 Å². The molecule has 1 aliphatic carbocycles. The summed E-state index contributed by atoms with van der Waals surface area (Å²) < 4.78 is 0. The van der Waals surface area contributed by atoms with Crippen molar-refractivity contribution in [1.82, 2.24) is 9.80 Å². The summed E-state index contributed by atoms with van der Waals surface area (Å²) in [5.41, 5.74) is 13.1. The molecule has 2 heterocycles. The molecule has 2 fully saturated rings. The van der Waals surface area contributed by atoms with E-state index in [1.807, 2.05) is 9.80 Å². The number of amides is 2. The Balaban J connectivity index is 1.59. The number of carbonyl (C=O) groups is 2. The predicted octanol–water partition coefficient (Wildman–Crippen LogP) is -0.538. The first-order valence-corrected chi connectivity index (χ1v) is 7.29. The third-order valence-electron chi connectivity index (χ3n) is 4.97. The number of hydrogen-bond acceptors (Lipinski definition) is 4. The lowest BCUT2D eigenvalue weighted by Crippen LogP contribution is -2.38. The maximum atomic E-state index is 12.6. The molecule has 2 amide bonds. The van der Waals surface area contributed by atoms with E-state index in [0.29, 0.717) is 24.0 Å². The molecule has 0 radical (unpaired) electrons. The molecule has 3 aliphatic rings. The van der Waals surface area contributed by atoms with Gasteiger partial charge in [0, 0.05) is 61.7 Å². The standard InChI is InChI=1S/C14H22N4O2/c15-12-2-1-9(3-13(12)16)14(20)18-6-10-4-17(8-19)5-11(10)7-18/h8-11H,1-7,15-16H2/t9-,10?,11?/m1/s1. The van der Waals surface area contributed by atoms with Gasteiger partial charge in [-0.2, -0.15) is 0 Å². The second-order valence-corrected chi connectivity index (χ2v) is 6.31. The van der Waals surface area contributed by atoms with Gasteiger partial charge in [-0.15, -0.1) is 0 Å². The number of nitrogens with two attached hydrogens (primary N) is 2. The molecule has 0 aromatic rings. The first kappa shape index (κ1) is 13.3. The summed E-state index contributed by atoms with van der Waals surface area (Å²) in [5.74, 6) is 1.10. The molecule has 0 spiro atoms. The van der Waals surface area contributed by atoms with Crippen LogP contribution in [0.4, 0.5) is 0 Å². The zero-order valence-corrected chi connectivity index (χ0v) is 11.6. The number of fused-ring (bicyclic) bond motifs is 1. The fourth-order valence-corrected chi connectivity index (χ4v) is 3.75. The lowest BCUT2D eigenvalue weighted by Gasteiger charge is -2.28. The minimum Gasteiger partial charge on any atom is -0.401 e. The predicted molar refractivity (Wildman–Crippen MR) is 73.9 cm³/mol. The molecule has 2 saturated heterocycles. The van der Waals surface area contributed by atoms with E-state index in [-0.39, 0.29) is 11.8 Å². The van der Waals surface area contributed by atoms with Gasteiger partial charge in [-0.05, 0) is 12.8 Å². The highest BCUT2D eigenvalue weighted by Crippen LogP contribution is 2.33. The third-order valence-corrected chi connectivity index (χ3v) is 4.97. The van der Waals surface area contributed by atoms with Crippen LogP contribution in [0.15, 0.2) is 11.4 Å². The monoisotopic (exact) mass is 278 g/mol. The van der Waals surface area contributed by atoms with Crippen molar-refractivity contribution in [2.24, 2.45) is 29.2 Å². The Morgan fingerprint density at radius 1 is 1.10 bits per heavy atom. The summed E-state index contributed by atoms with van der Waals surface area (Å²) >= 11 is 0. The molecule has 2 unspecified atom stereocenters. The lowest BCUT2D eigenvalue weighted by molar-refractivity contribution is -0.135. The average Bonchev–Trinajstić information content (AvgIpc) is 2.98. The van der Waals surface area contributed by atoms with Gasteiger partial charge in [-0.3, -0.25) is 9.59 Å². The normalized spacial score (nSPS) is 33.5. The molecule has 110 valence electrons. The Morgan fingerprint density at radius 2 is 1.75 bits per heavy atom. The number of allylic oxidation sites excluding steroid dienone is 2. The lowest BCUT2D eigenvalue weighted by atomic mass is 9.89. The first-order chi connectivity index (χ1) is 9.58. The summed E-state index contributed by atoms with van der Waals surface area (Å²) in [5, 5.41) is 0. The van der Waals surface area contributed by atoms with Crippen LogP contribution in [-0.4, -0.2) is 48.3 Å². The minimum absolute atomic E-state index is 0.0108. The smallest absolute Gasteiger partial charge is 0.226 e. The Kier molecular flexibility index (Phi) is 3.31. The number of nitrogens with zero attached hydrogens (tertiary/aromatic N) is 2. The van der Waals surface area contributed by atoms with Crippen molar-refractivity contribution < 1.29 is 9.59 Å². The van der Waals surface area contributed by atoms with Crippen molar-refractivity contribution in [3.05, 3.63) is 11.4 Å².